The number of nitrogens with zero attached hydrogens (tertiary/aromatic N) is 2. The highest BCUT2D eigenvalue weighted by molar-refractivity contribution is 7.94. The Morgan fingerprint density at radius 2 is 2.19 bits per heavy atom. The van der Waals surface area contributed by atoms with Crippen LogP contribution in [-0.2, 0) is 10.0 Å². The molecule has 0 saturated heterocycles. The average molecular weight is 344 g/mol. The topological polar surface area (TPSA) is 92.1 Å². The summed E-state index contributed by atoms with van der Waals surface area (Å²) in [5, 5.41) is 9.09. The van der Waals surface area contributed by atoms with Crippen LogP contribution >= 0.6 is 22.9 Å². The summed E-state index contributed by atoms with van der Waals surface area (Å²) in [6, 6.07) is 6.57. The van der Waals surface area contributed by atoms with Crippen molar-refractivity contribution in [3.63, 3.8) is 0 Å². The maximum absolute atomic E-state index is 12.4. The number of anilines is 1. The van der Waals surface area contributed by atoms with E-state index >= 15 is 0 Å². The Labute approximate surface area is 131 Å². The number of nitrogens with one attached hydrogen (secondary N) is 1. The molecule has 110 valence electrons. The normalized spacial score (nSPS) is 11.0. The quantitative estimate of drug-likeness (QED) is 0.921. The van der Waals surface area contributed by atoms with Crippen molar-refractivity contribution in [1.29, 1.82) is 5.26 Å². The number of rotatable bonds is 4. The van der Waals surface area contributed by atoms with E-state index in [1.807, 2.05) is 6.07 Å². The fourth-order valence-electron chi connectivity index (χ4n) is 1.68. The zero-order chi connectivity index (χ0) is 15.6. The molecule has 0 atom stereocenters. The summed E-state index contributed by atoms with van der Waals surface area (Å²) in [6.07, 6.45) is 0. The molecule has 0 radical (unpaired) electrons. The van der Waals surface area contributed by atoms with Crippen LogP contribution in [0.2, 0.25) is 4.47 Å². The van der Waals surface area contributed by atoms with Gasteiger partial charge in [0.1, 0.15) is 17.5 Å². The van der Waals surface area contributed by atoms with Crippen molar-refractivity contribution in [2.45, 2.75) is 11.1 Å². The van der Waals surface area contributed by atoms with Crippen LogP contribution in [0.15, 0.2) is 22.4 Å². The molecule has 0 bridgehead atoms. The van der Waals surface area contributed by atoms with E-state index < -0.39 is 10.0 Å². The molecule has 1 heterocycles. The number of hydrogen-bond donors (Lipinski definition) is 1. The minimum absolute atomic E-state index is 0.00213. The van der Waals surface area contributed by atoms with Crippen LogP contribution in [0.25, 0.3) is 0 Å². The number of ether oxygens (including phenoxy) is 1. The number of aromatic nitrogens is 1. The van der Waals surface area contributed by atoms with Gasteiger partial charge in [-0.3, -0.25) is 4.72 Å². The molecular weight excluding hydrogens is 334 g/mol. The third kappa shape index (κ3) is 3.10. The van der Waals surface area contributed by atoms with E-state index in [1.165, 1.54) is 13.2 Å². The minimum atomic E-state index is -3.90. The number of hydrogen-bond acceptors (Lipinski definition) is 6. The molecule has 2 rings (SSSR count). The predicted octanol–water partition coefficient (Wildman–Crippen LogP) is 2.79. The number of halogens is 1. The van der Waals surface area contributed by atoms with Crippen LogP contribution in [0.4, 0.5) is 5.69 Å². The SMILES string of the molecule is COc1cccc(C#N)c1NS(=O)(=O)c1sc(Cl)nc1C. The van der Waals surface area contributed by atoms with E-state index in [0.717, 1.165) is 11.3 Å². The van der Waals surface area contributed by atoms with Crippen LogP contribution < -0.4 is 9.46 Å². The molecule has 0 unspecified atom stereocenters. The summed E-state index contributed by atoms with van der Waals surface area (Å²) in [5.74, 6) is 0.255. The van der Waals surface area contributed by atoms with Gasteiger partial charge in [0, 0.05) is 0 Å². The summed E-state index contributed by atoms with van der Waals surface area (Å²) < 4.78 is 32.4. The number of thiazole rings is 1. The van der Waals surface area contributed by atoms with E-state index in [-0.39, 0.29) is 25.7 Å². The maximum atomic E-state index is 12.4. The first-order valence-electron chi connectivity index (χ1n) is 5.62. The standard InChI is InChI=1S/C12H10ClN3O3S2/c1-7-11(20-12(13)15-7)21(17,18)16-10-8(6-14)4-3-5-9(10)19-2/h3-5,16H,1-2H3. The van der Waals surface area contributed by atoms with Gasteiger partial charge in [-0.2, -0.15) is 5.26 Å². The second kappa shape index (κ2) is 5.89. The Kier molecular flexibility index (Phi) is 4.37. The van der Waals surface area contributed by atoms with Crippen molar-refractivity contribution in [2.75, 3.05) is 11.8 Å². The molecule has 0 amide bonds. The van der Waals surface area contributed by atoms with Crippen molar-refractivity contribution in [3.8, 4) is 11.8 Å². The van der Waals surface area contributed by atoms with Crippen molar-refractivity contribution in [2.24, 2.45) is 0 Å². The zero-order valence-electron chi connectivity index (χ0n) is 11.0. The lowest BCUT2D eigenvalue weighted by atomic mass is 10.2. The van der Waals surface area contributed by atoms with Crippen LogP contribution in [0.3, 0.4) is 0 Å². The van der Waals surface area contributed by atoms with Gasteiger partial charge in [0.25, 0.3) is 10.0 Å². The van der Waals surface area contributed by atoms with Gasteiger partial charge in [-0.25, -0.2) is 13.4 Å². The number of aryl methyl sites for hydroxylation is 1. The van der Waals surface area contributed by atoms with Crippen molar-refractivity contribution < 1.29 is 13.2 Å². The molecule has 9 heteroatoms. The third-order valence-electron chi connectivity index (χ3n) is 2.58. The highest BCUT2D eigenvalue weighted by atomic mass is 35.5. The second-order valence-electron chi connectivity index (χ2n) is 3.94. The highest BCUT2D eigenvalue weighted by Gasteiger charge is 2.24. The molecule has 1 N–H and O–H groups in total. The summed E-state index contributed by atoms with van der Waals surface area (Å²) in [5.41, 5.74) is 0.545. The molecule has 1 aromatic heterocycles. The van der Waals surface area contributed by atoms with Gasteiger partial charge >= 0.3 is 0 Å². The smallest absolute Gasteiger partial charge is 0.273 e. The van der Waals surface area contributed by atoms with Crippen molar-refractivity contribution >= 4 is 38.6 Å². The van der Waals surface area contributed by atoms with Gasteiger partial charge in [-0.05, 0) is 19.1 Å². The van der Waals surface area contributed by atoms with Crippen LogP contribution in [-0.4, -0.2) is 20.5 Å². The van der Waals surface area contributed by atoms with Crippen LogP contribution in [0, 0.1) is 18.3 Å². The highest BCUT2D eigenvalue weighted by Crippen LogP contribution is 2.33. The maximum Gasteiger partial charge on any atom is 0.273 e. The number of methoxy groups -OCH3 is 1. The first-order chi connectivity index (χ1) is 9.89. The second-order valence-corrected chi connectivity index (χ2v) is 7.40. The molecular formula is C12H10ClN3O3S2. The Balaban J connectivity index is 2.52. The van der Waals surface area contributed by atoms with E-state index in [9.17, 15) is 8.42 Å². The number of nitriles is 1. The summed E-state index contributed by atoms with van der Waals surface area (Å²) in [6.45, 7) is 1.55. The van der Waals surface area contributed by atoms with Crippen LogP contribution in [0.5, 0.6) is 5.75 Å². The van der Waals surface area contributed by atoms with Gasteiger partial charge in [0.05, 0.1) is 18.4 Å². The van der Waals surface area contributed by atoms with E-state index in [0.29, 0.717) is 5.69 Å². The lowest BCUT2D eigenvalue weighted by molar-refractivity contribution is 0.417. The van der Waals surface area contributed by atoms with Crippen molar-refractivity contribution in [1.82, 2.24) is 4.98 Å². The monoisotopic (exact) mass is 343 g/mol. The summed E-state index contributed by atoms with van der Waals surface area (Å²) in [7, 11) is -2.51. The molecule has 0 aliphatic heterocycles. The number of para-hydroxylation sites is 1. The molecule has 6 nitrogen and oxygen atoms in total. The molecule has 0 saturated carbocycles. The first-order valence-corrected chi connectivity index (χ1v) is 8.29. The summed E-state index contributed by atoms with van der Waals surface area (Å²) in [4.78, 5) is 3.87. The Bertz CT molecular complexity index is 825. The zero-order valence-corrected chi connectivity index (χ0v) is 13.4. The minimum Gasteiger partial charge on any atom is -0.495 e. The molecule has 0 spiro atoms. The Hall–Kier alpha value is -1.82. The fourth-order valence-corrected chi connectivity index (χ4v) is 4.51. The predicted molar refractivity (Wildman–Crippen MR) is 80.4 cm³/mol. The summed E-state index contributed by atoms with van der Waals surface area (Å²) >= 11 is 6.58. The average Bonchev–Trinajstić information content (AvgIpc) is 2.78. The first kappa shape index (κ1) is 15.6. The number of sulfonamides is 1. The third-order valence-corrected chi connectivity index (χ3v) is 5.80. The van der Waals surface area contributed by atoms with Gasteiger partial charge in [-0.1, -0.05) is 29.0 Å². The van der Waals surface area contributed by atoms with Gasteiger partial charge in [-0.15, -0.1) is 0 Å². The molecule has 0 aliphatic carbocycles. The van der Waals surface area contributed by atoms with Crippen LogP contribution in [0.1, 0.15) is 11.3 Å². The van der Waals surface area contributed by atoms with Crippen molar-refractivity contribution in [3.05, 3.63) is 33.9 Å². The lowest BCUT2D eigenvalue weighted by Crippen LogP contribution is -2.14. The lowest BCUT2D eigenvalue weighted by Gasteiger charge is -2.12. The molecule has 2 aromatic rings. The van der Waals surface area contributed by atoms with Gasteiger partial charge < -0.3 is 4.74 Å². The molecule has 21 heavy (non-hydrogen) atoms. The molecule has 1 aromatic carbocycles. The van der Waals surface area contributed by atoms with Gasteiger partial charge in [0.2, 0.25) is 0 Å². The fraction of sp³-hybridized carbons (Fsp3) is 0.167. The molecule has 0 fully saturated rings. The Morgan fingerprint density at radius 3 is 2.71 bits per heavy atom. The van der Waals surface area contributed by atoms with Gasteiger partial charge in [0.15, 0.2) is 8.68 Å². The molecule has 0 aliphatic rings. The Morgan fingerprint density at radius 1 is 1.48 bits per heavy atom. The van der Waals surface area contributed by atoms with E-state index in [2.05, 4.69) is 9.71 Å². The largest absolute Gasteiger partial charge is 0.495 e. The van der Waals surface area contributed by atoms with E-state index in [4.69, 9.17) is 21.6 Å². The number of benzene rings is 1. The van der Waals surface area contributed by atoms with E-state index in [1.54, 1.807) is 19.1 Å².